The van der Waals surface area contributed by atoms with E-state index in [0.717, 1.165) is 83.5 Å². The number of rotatable bonds is 61. The van der Waals surface area contributed by atoms with Gasteiger partial charge in [0.05, 0.1) is 32.0 Å². The summed E-state index contributed by atoms with van der Waals surface area (Å²) < 4.78 is 22.9. The number of hydrogen-bond donors (Lipinski definition) is 9. The minimum Gasteiger partial charge on any atom is -0.394 e. The fourth-order valence-corrected chi connectivity index (χ4v) is 12.2. The molecule has 14 heteroatoms. The molecule has 2 saturated heterocycles. The van der Waals surface area contributed by atoms with Crippen molar-refractivity contribution in [3.8, 4) is 0 Å². The van der Waals surface area contributed by atoms with Crippen LogP contribution in [0, 0.1) is 0 Å². The van der Waals surface area contributed by atoms with Gasteiger partial charge in [-0.25, -0.2) is 0 Å². The summed E-state index contributed by atoms with van der Waals surface area (Å²) in [6.45, 7) is 2.79. The monoisotopic (exact) mass is 1260 g/mol. The zero-order valence-corrected chi connectivity index (χ0v) is 56.7. The lowest BCUT2D eigenvalue weighted by atomic mass is 9.97. The van der Waals surface area contributed by atoms with Crippen LogP contribution in [0.1, 0.15) is 316 Å². The molecule has 2 aliphatic heterocycles. The molecular weight excluding hydrogens is 1120 g/mol. The van der Waals surface area contributed by atoms with E-state index in [-0.39, 0.29) is 12.5 Å². The summed E-state index contributed by atoms with van der Waals surface area (Å²) in [6.07, 6.45) is 62.4. The standard InChI is InChI=1S/C75H137NO13/c1-3-5-7-9-11-13-15-17-19-21-23-25-26-27-28-29-30-31-32-33-34-35-36-37-38-39-41-43-45-47-49-51-53-55-57-59-67(80)76-63(64(79)58-56-54-52-50-48-46-44-42-40-24-22-20-18-16-14-12-10-8-6-4-2)62-86-74-72(85)70(83)73(66(61-78)88-74)89-75-71(84)69(82)68(81)65(60-77)87-75/h5,7,11,13,17,19,23,25,27-28,63-66,68-75,77-79,81-85H,3-4,6,8-10,12,14-16,18,20-22,24,26,29-62H2,1-2H3,(H,76,80)/b7-5-,13-11-,19-17-,25-23-,28-27-. The third-order valence-electron chi connectivity index (χ3n) is 18.0. The van der Waals surface area contributed by atoms with Crippen molar-refractivity contribution in [2.24, 2.45) is 0 Å². The smallest absolute Gasteiger partial charge is 0.220 e. The topological polar surface area (TPSA) is 228 Å². The molecule has 0 aromatic rings. The number of aliphatic hydroxyl groups excluding tert-OH is 8. The van der Waals surface area contributed by atoms with Crippen LogP contribution in [-0.2, 0) is 23.7 Å². The number of ether oxygens (including phenoxy) is 4. The zero-order valence-electron chi connectivity index (χ0n) is 56.7. The number of carbonyl (C=O) groups is 1. The second-order valence-corrected chi connectivity index (χ2v) is 26.0. The van der Waals surface area contributed by atoms with Gasteiger partial charge < -0.3 is 65.1 Å². The highest BCUT2D eigenvalue weighted by Gasteiger charge is 2.51. The first-order chi connectivity index (χ1) is 43.6. The average molecular weight is 1260 g/mol. The summed E-state index contributed by atoms with van der Waals surface area (Å²) in [7, 11) is 0. The van der Waals surface area contributed by atoms with E-state index in [1.807, 2.05) is 0 Å². The molecule has 0 aromatic heterocycles. The van der Waals surface area contributed by atoms with Gasteiger partial charge in [0.25, 0.3) is 0 Å². The van der Waals surface area contributed by atoms with Crippen molar-refractivity contribution in [2.75, 3.05) is 19.8 Å². The van der Waals surface area contributed by atoms with Gasteiger partial charge in [0, 0.05) is 6.42 Å². The summed E-state index contributed by atoms with van der Waals surface area (Å²) in [6, 6.07) is -0.830. The molecule has 0 bridgehead atoms. The lowest BCUT2D eigenvalue weighted by Crippen LogP contribution is -2.65. The third kappa shape index (κ3) is 43.3. The first-order valence-electron chi connectivity index (χ1n) is 37.0. The fourth-order valence-electron chi connectivity index (χ4n) is 12.2. The van der Waals surface area contributed by atoms with Gasteiger partial charge in [-0.05, 0) is 57.8 Å². The lowest BCUT2D eigenvalue weighted by Gasteiger charge is -2.46. The van der Waals surface area contributed by atoms with Gasteiger partial charge in [-0.15, -0.1) is 0 Å². The normalized spacial score (nSPS) is 23.3. The van der Waals surface area contributed by atoms with Crippen LogP contribution in [0.25, 0.3) is 0 Å². The second-order valence-electron chi connectivity index (χ2n) is 26.0. The first kappa shape index (κ1) is 82.8. The van der Waals surface area contributed by atoms with Crippen LogP contribution >= 0.6 is 0 Å². The van der Waals surface area contributed by atoms with E-state index in [4.69, 9.17) is 18.9 Å². The number of unbranched alkanes of at least 4 members (excludes halogenated alkanes) is 38. The van der Waals surface area contributed by atoms with Crippen molar-refractivity contribution in [3.63, 3.8) is 0 Å². The molecule has 0 saturated carbocycles. The van der Waals surface area contributed by atoms with Gasteiger partial charge in [0.2, 0.25) is 5.91 Å². The van der Waals surface area contributed by atoms with Crippen LogP contribution in [0.15, 0.2) is 60.8 Å². The molecule has 12 unspecified atom stereocenters. The maximum absolute atomic E-state index is 13.4. The quantitative estimate of drug-likeness (QED) is 0.0204. The molecule has 0 aromatic carbocycles. The Kier molecular flexibility index (Phi) is 55.3. The minimum absolute atomic E-state index is 0.202. The molecule has 0 aliphatic carbocycles. The molecule has 2 aliphatic rings. The largest absolute Gasteiger partial charge is 0.394 e. The minimum atomic E-state index is -1.78. The van der Waals surface area contributed by atoms with Crippen molar-refractivity contribution < 1.29 is 64.6 Å². The lowest BCUT2D eigenvalue weighted by molar-refractivity contribution is -0.359. The fraction of sp³-hybridized carbons (Fsp3) is 0.853. The molecule has 9 N–H and O–H groups in total. The average Bonchev–Trinajstić information content (AvgIpc) is 3.62. The van der Waals surface area contributed by atoms with Gasteiger partial charge >= 0.3 is 0 Å². The number of aliphatic hydroxyl groups is 8. The Morgan fingerprint density at radius 1 is 0.416 bits per heavy atom. The molecule has 2 rings (SSSR count). The molecule has 89 heavy (non-hydrogen) atoms. The van der Waals surface area contributed by atoms with Crippen molar-refractivity contribution in [2.45, 2.75) is 389 Å². The van der Waals surface area contributed by atoms with Crippen LogP contribution in [0.2, 0.25) is 0 Å². The molecule has 14 nitrogen and oxygen atoms in total. The predicted molar refractivity (Wildman–Crippen MR) is 364 cm³/mol. The first-order valence-corrected chi connectivity index (χ1v) is 37.0. The van der Waals surface area contributed by atoms with Crippen LogP contribution in [0.5, 0.6) is 0 Å². The Morgan fingerprint density at radius 3 is 1.19 bits per heavy atom. The number of allylic oxidation sites excluding steroid dienone is 10. The van der Waals surface area contributed by atoms with E-state index >= 15 is 0 Å². The molecule has 0 spiro atoms. The van der Waals surface area contributed by atoms with Crippen LogP contribution in [-0.4, -0.2) is 140 Å². The Bertz CT molecular complexity index is 1720. The van der Waals surface area contributed by atoms with Crippen molar-refractivity contribution >= 4 is 5.91 Å². The number of carbonyl (C=O) groups excluding carboxylic acids is 1. The maximum Gasteiger partial charge on any atom is 0.220 e. The van der Waals surface area contributed by atoms with E-state index < -0.39 is 86.8 Å². The zero-order chi connectivity index (χ0) is 64.5. The van der Waals surface area contributed by atoms with E-state index in [1.165, 1.54) is 205 Å². The van der Waals surface area contributed by atoms with Gasteiger partial charge in [-0.1, -0.05) is 312 Å². The molecule has 2 heterocycles. The van der Waals surface area contributed by atoms with Gasteiger partial charge in [-0.3, -0.25) is 4.79 Å². The van der Waals surface area contributed by atoms with Gasteiger partial charge in [0.1, 0.15) is 48.8 Å². The summed E-state index contributed by atoms with van der Waals surface area (Å²) in [5, 5.41) is 87.7. The summed E-state index contributed by atoms with van der Waals surface area (Å²) in [5.74, 6) is -0.202. The van der Waals surface area contributed by atoms with E-state index in [9.17, 15) is 45.6 Å². The number of amides is 1. The third-order valence-corrected chi connectivity index (χ3v) is 18.0. The Labute approximate surface area is 543 Å². The highest BCUT2D eigenvalue weighted by atomic mass is 16.7. The highest BCUT2D eigenvalue weighted by Crippen LogP contribution is 2.30. The van der Waals surface area contributed by atoms with E-state index in [0.29, 0.717) is 12.8 Å². The van der Waals surface area contributed by atoms with E-state index in [2.05, 4.69) is 79.9 Å². The Hall–Kier alpha value is -2.31. The van der Waals surface area contributed by atoms with Crippen LogP contribution < -0.4 is 5.32 Å². The number of nitrogens with one attached hydrogen (secondary N) is 1. The Balaban J connectivity index is 1.61. The van der Waals surface area contributed by atoms with Crippen molar-refractivity contribution in [3.05, 3.63) is 60.8 Å². The molecule has 1 amide bonds. The highest BCUT2D eigenvalue weighted by molar-refractivity contribution is 5.76. The summed E-state index contributed by atoms with van der Waals surface area (Å²) in [5.41, 5.74) is 0. The summed E-state index contributed by atoms with van der Waals surface area (Å²) in [4.78, 5) is 13.4. The molecular formula is C75H137NO13. The number of hydrogen-bond acceptors (Lipinski definition) is 13. The van der Waals surface area contributed by atoms with Crippen LogP contribution in [0.3, 0.4) is 0 Å². The van der Waals surface area contributed by atoms with Gasteiger partial charge in [0.15, 0.2) is 12.6 Å². The molecule has 0 radical (unpaired) electrons. The SMILES string of the molecule is CC/C=C\C/C=C\C/C=C\C/C=C\C/C=C\CCCCCCCCCCCCCCCCCCCCCC(=O)NC(COC1OC(CO)C(OC2OC(CO)C(O)C(O)C2O)C(O)C1O)C(O)CCCCCCCCCCCCCCCCCCCCCC. The van der Waals surface area contributed by atoms with Crippen molar-refractivity contribution in [1.82, 2.24) is 5.32 Å². The van der Waals surface area contributed by atoms with E-state index in [1.54, 1.807) is 0 Å². The van der Waals surface area contributed by atoms with Gasteiger partial charge in [-0.2, -0.15) is 0 Å². The molecule has 12 atom stereocenters. The maximum atomic E-state index is 13.4. The summed E-state index contributed by atoms with van der Waals surface area (Å²) >= 11 is 0. The molecule has 520 valence electrons. The van der Waals surface area contributed by atoms with Crippen molar-refractivity contribution in [1.29, 1.82) is 0 Å². The predicted octanol–water partition coefficient (Wildman–Crippen LogP) is 15.6. The van der Waals surface area contributed by atoms with Crippen LogP contribution in [0.4, 0.5) is 0 Å². The second kappa shape index (κ2) is 59.4. The molecule has 2 fully saturated rings. The Morgan fingerprint density at radius 2 is 0.775 bits per heavy atom.